The van der Waals surface area contributed by atoms with Gasteiger partial charge in [-0.25, -0.2) is 14.6 Å². The van der Waals surface area contributed by atoms with Gasteiger partial charge in [0.25, 0.3) is 5.56 Å². The molecule has 0 saturated carbocycles. The molecule has 0 saturated heterocycles. The van der Waals surface area contributed by atoms with Gasteiger partial charge < -0.3 is 10.4 Å². The van der Waals surface area contributed by atoms with Gasteiger partial charge in [-0.2, -0.15) is 0 Å². The van der Waals surface area contributed by atoms with Crippen LogP contribution >= 0.6 is 0 Å². The molecule has 0 aliphatic rings. The van der Waals surface area contributed by atoms with E-state index in [4.69, 9.17) is 0 Å². The number of hydrogen-bond donors (Lipinski definition) is 3. The zero-order chi connectivity index (χ0) is 21.7. The number of aromatic nitrogens is 2. The Balaban J connectivity index is 1.79. The van der Waals surface area contributed by atoms with Crippen molar-refractivity contribution in [3.8, 4) is 5.88 Å². The van der Waals surface area contributed by atoms with Crippen LogP contribution < -0.4 is 16.6 Å². The Morgan fingerprint density at radius 1 is 1.13 bits per heavy atom. The minimum absolute atomic E-state index is 0.154. The molecule has 0 fully saturated rings. The second-order valence-electron chi connectivity index (χ2n) is 6.87. The lowest BCUT2D eigenvalue weighted by Gasteiger charge is -2.09. The molecule has 0 aliphatic heterocycles. The highest BCUT2D eigenvalue weighted by Crippen LogP contribution is 2.14. The van der Waals surface area contributed by atoms with Crippen LogP contribution in [0.15, 0.2) is 63.1 Å². The van der Waals surface area contributed by atoms with Crippen molar-refractivity contribution < 1.29 is 9.90 Å². The summed E-state index contributed by atoms with van der Waals surface area (Å²) in [4.78, 5) is 42.1. The smallest absolute Gasteiger partial charge is 0.345 e. The molecule has 1 aromatic heterocycles. The number of aryl methyl sites for hydroxylation is 3. The summed E-state index contributed by atoms with van der Waals surface area (Å²) in [5.41, 5.74) is 1.81. The summed E-state index contributed by atoms with van der Waals surface area (Å²) >= 11 is 0. The third-order valence-electron chi connectivity index (χ3n) is 4.74. The second-order valence-corrected chi connectivity index (χ2v) is 6.87. The maximum absolute atomic E-state index is 12.1. The summed E-state index contributed by atoms with van der Waals surface area (Å²) in [6.45, 7) is 4.03. The first-order valence-electron chi connectivity index (χ1n) is 9.37. The van der Waals surface area contributed by atoms with Crippen LogP contribution in [-0.4, -0.2) is 26.9 Å². The minimum atomic E-state index is -0.823. The molecule has 3 rings (SSSR count). The van der Waals surface area contributed by atoms with Crippen molar-refractivity contribution in [1.29, 1.82) is 0 Å². The van der Waals surface area contributed by atoms with Crippen LogP contribution in [0.25, 0.3) is 0 Å². The second kappa shape index (κ2) is 9.04. The number of benzene rings is 2. The van der Waals surface area contributed by atoms with Gasteiger partial charge >= 0.3 is 11.7 Å². The average Bonchev–Trinajstić information content (AvgIpc) is 2.71. The Hall–Kier alpha value is -3.94. The van der Waals surface area contributed by atoms with Crippen molar-refractivity contribution in [3.05, 3.63) is 91.6 Å². The Kier molecular flexibility index (Phi) is 6.26. The van der Waals surface area contributed by atoms with Crippen molar-refractivity contribution in [2.24, 2.45) is 4.99 Å². The predicted octanol–water partition coefficient (Wildman–Crippen LogP) is 2.75. The topological polar surface area (TPSA) is 117 Å². The summed E-state index contributed by atoms with van der Waals surface area (Å²) in [6, 6.07) is 14.1. The van der Waals surface area contributed by atoms with E-state index in [1.165, 1.54) is 0 Å². The first-order chi connectivity index (χ1) is 14.3. The van der Waals surface area contributed by atoms with Gasteiger partial charge in [0.05, 0.1) is 6.21 Å². The molecule has 1 heterocycles. The molecule has 2 amide bonds. The van der Waals surface area contributed by atoms with Gasteiger partial charge in [0.2, 0.25) is 5.88 Å². The van der Waals surface area contributed by atoms with Gasteiger partial charge in [-0.3, -0.25) is 14.3 Å². The Labute approximate surface area is 172 Å². The molecular weight excluding hydrogens is 384 g/mol. The number of urea groups is 1. The molecule has 3 N–H and O–H groups in total. The van der Waals surface area contributed by atoms with Crippen LogP contribution in [0.1, 0.15) is 22.3 Å². The maximum atomic E-state index is 12.1. The van der Waals surface area contributed by atoms with Crippen LogP contribution in [0.2, 0.25) is 0 Å². The lowest BCUT2D eigenvalue weighted by atomic mass is 10.1. The van der Waals surface area contributed by atoms with E-state index in [0.29, 0.717) is 12.1 Å². The lowest BCUT2D eigenvalue weighted by molar-refractivity contribution is 0.259. The number of hydrogen-bond acceptors (Lipinski definition) is 4. The molecule has 0 spiro atoms. The predicted molar refractivity (Wildman–Crippen MR) is 116 cm³/mol. The molecule has 30 heavy (non-hydrogen) atoms. The van der Waals surface area contributed by atoms with E-state index in [1.807, 2.05) is 50.2 Å². The molecule has 8 heteroatoms. The number of aromatic hydroxyl groups is 1. The van der Waals surface area contributed by atoms with E-state index in [1.54, 1.807) is 12.1 Å². The standard InChI is InChI=1S/C22H22N4O4/c1-14-8-9-17(12-15(14)2)24-21(29)23-13-18-19(27)25-22(30)26(20(18)28)11-10-16-6-4-3-5-7-16/h3-9,12-13,28H,10-11H2,1-2H3,(H,24,29)(H,25,27,30). The van der Waals surface area contributed by atoms with E-state index in [0.717, 1.165) is 27.5 Å². The highest BCUT2D eigenvalue weighted by atomic mass is 16.3. The number of rotatable bonds is 5. The van der Waals surface area contributed by atoms with Crippen molar-refractivity contribution in [1.82, 2.24) is 9.55 Å². The normalized spacial score (nSPS) is 11.0. The highest BCUT2D eigenvalue weighted by molar-refractivity contribution is 5.98. The molecule has 154 valence electrons. The van der Waals surface area contributed by atoms with E-state index in [9.17, 15) is 19.5 Å². The Morgan fingerprint density at radius 2 is 1.87 bits per heavy atom. The summed E-state index contributed by atoms with van der Waals surface area (Å²) in [6.07, 6.45) is 1.42. The number of H-pyrrole nitrogens is 1. The van der Waals surface area contributed by atoms with Gasteiger partial charge in [0.15, 0.2) is 0 Å². The number of aliphatic imine (C=N–C) groups is 1. The van der Waals surface area contributed by atoms with E-state index >= 15 is 0 Å². The molecule has 3 aromatic rings. The number of amides is 2. The molecule has 0 atom stereocenters. The van der Waals surface area contributed by atoms with Gasteiger partial charge in [-0.15, -0.1) is 0 Å². The van der Waals surface area contributed by atoms with Crippen LogP contribution in [0.5, 0.6) is 5.88 Å². The monoisotopic (exact) mass is 406 g/mol. The van der Waals surface area contributed by atoms with Crippen molar-refractivity contribution in [2.45, 2.75) is 26.8 Å². The Bertz CT molecular complexity index is 1210. The van der Waals surface area contributed by atoms with Crippen molar-refractivity contribution in [3.63, 3.8) is 0 Å². The first kappa shape index (κ1) is 20.8. The fourth-order valence-electron chi connectivity index (χ4n) is 2.88. The average molecular weight is 406 g/mol. The van der Waals surface area contributed by atoms with E-state index in [-0.39, 0.29) is 12.1 Å². The molecule has 0 radical (unpaired) electrons. The van der Waals surface area contributed by atoms with Crippen molar-refractivity contribution in [2.75, 3.05) is 5.32 Å². The summed E-state index contributed by atoms with van der Waals surface area (Å²) < 4.78 is 1.04. The van der Waals surface area contributed by atoms with Gasteiger partial charge in [0.1, 0.15) is 5.56 Å². The summed E-state index contributed by atoms with van der Waals surface area (Å²) in [5, 5.41) is 13.0. The van der Waals surface area contributed by atoms with Gasteiger partial charge in [-0.1, -0.05) is 36.4 Å². The number of aromatic amines is 1. The molecular formula is C22H22N4O4. The number of anilines is 1. The third kappa shape index (κ3) is 4.91. The lowest BCUT2D eigenvalue weighted by Crippen LogP contribution is -2.32. The van der Waals surface area contributed by atoms with Gasteiger partial charge in [0, 0.05) is 12.2 Å². The molecule has 2 aromatic carbocycles. The summed E-state index contributed by atoms with van der Waals surface area (Å²) in [5.74, 6) is -0.539. The zero-order valence-electron chi connectivity index (χ0n) is 16.7. The van der Waals surface area contributed by atoms with Crippen LogP contribution in [0.4, 0.5) is 10.5 Å². The molecule has 0 unspecified atom stereocenters. The number of carbonyl (C=O) groups is 1. The summed E-state index contributed by atoms with van der Waals surface area (Å²) in [7, 11) is 0. The molecule has 0 aliphatic carbocycles. The number of nitrogens with one attached hydrogen (secondary N) is 2. The van der Waals surface area contributed by atoms with E-state index in [2.05, 4.69) is 15.3 Å². The maximum Gasteiger partial charge on any atom is 0.345 e. The quantitative estimate of drug-likeness (QED) is 0.565. The first-order valence-corrected chi connectivity index (χ1v) is 9.37. The third-order valence-corrected chi connectivity index (χ3v) is 4.74. The van der Waals surface area contributed by atoms with Crippen LogP contribution in [0.3, 0.4) is 0 Å². The minimum Gasteiger partial charge on any atom is -0.494 e. The largest absolute Gasteiger partial charge is 0.494 e. The van der Waals surface area contributed by atoms with Crippen molar-refractivity contribution >= 4 is 17.9 Å². The Morgan fingerprint density at radius 3 is 2.57 bits per heavy atom. The number of nitrogens with zero attached hydrogens (tertiary/aromatic N) is 2. The van der Waals surface area contributed by atoms with Crippen LogP contribution in [0, 0.1) is 13.8 Å². The fraction of sp³-hybridized carbons (Fsp3) is 0.182. The van der Waals surface area contributed by atoms with E-state index < -0.39 is 23.2 Å². The molecule has 0 bridgehead atoms. The van der Waals surface area contributed by atoms with Crippen LogP contribution in [-0.2, 0) is 13.0 Å². The molecule has 8 nitrogen and oxygen atoms in total. The highest BCUT2D eigenvalue weighted by Gasteiger charge is 2.13. The SMILES string of the molecule is Cc1ccc(NC(=O)N=Cc2c(O)n(CCc3ccccc3)c(=O)[nH]c2=O)cc1C. The zero-order valence-corrected chi connectivity index (χ0v) is 16.7. The number of carbonyl (C=O) groups excluding carboxylic acids is 1. The fourth-order valence-corrected chi connectivity index (χ4v) is 2.88. The van der Waals surface area contributed by atoms with Gasteiger partial charge in [-0.05, 0) is 49.1 Å².